The Morgan fingerprint density at radius 1 is 0.920 bits per heavy atom. The fourth-order valence-electron chi connectivity index (χ4n) is 4.23. The van der Waals surface area contributed by atoms with Crippen LogP contribution in [0.25, 0.3) is 0 Å². The molecule has 1 aromatic rings. The molecule has 0 amide bonds. The van der Waals surface area contributed by atoms with E-state index in [2.05, 4.69) is 46.7 Å². The van der Waals surface area contributed by atoms with Crippen LogP contribution in [0, 0.1) is 0 Å². The van der Waals surface area contributed by atoms with Gasteiger partial charge in [-0.3, -0.25) is 4.90 Å². The molecule has 0 radical (unpaired) electrons. The number of nitrogens with zero attached hydrogens (tertiary/aromatic N) is 3. The molecule has 140 valence electrons. The number of rotatable bonds is 6. The van der Waals surface area contributed by atoms with Crippen LogP contribution in [0.1, 0.15) is 31.4 Å². The molecule has 0 bridgehead atoms. The van der Waals surface area contributed by atoms with Crippen molar-refractivity contribution in [3.05, 3.63) is 29.3 Å². The average Bonchev–Trinajstić information content (AvgIpc) is 2.84. The van der Waals surface area contributed by atoms with Gasteiger partial charge in [-0.15, -0.1) is 0 Å². The van der Waals surface area contributed by atoms with Gasteiger partial charge in [0.15, 0.2) is 0 Å². The van der Waals surface area contributed by atoms with Crippen molar-refractivity contribution in [2.24, 2.45) is 0 Å². The zero-order chi connectivity index (χ0) is 17.6. The second-order valence-corrected chi connectivity index (χ2v) is 7.76. The standard InChI is InChI=1S/C21H35N3O/c1-18(2)24-16-14-23(15-17-24)11-5-10-22-12-8-19-6-4-7-21(25-3)20(19)9-13-22/h4,6-7,18H,5,8-17H2,1-3H3. The normalized spacial score (nSPS) is 20.5. The van der Waals surface area contributed by atoms with Crippen LogP contribution in [-0.4, -0.2) is 80.2 Å². The van der Waals surface area contributed by atoms with Crippen molar-refractivity contribution in [1.29, 1.82) is 0 Å². The van der Waals surface area contributed by atoms with Gasteiger partial charge >= 0.3 is 0 Å². The van der Waals surface area contributed by atoms with Crippen LogP contribution in [0.3, 0.4) is 0 Å². The Labute approximate surface area is 153 Å². The van der Waals surface area contributed by atoms with Crippen molar-refractivity contribution >= 4 is 0 Å². The highest BCUT2D eigenvalue weighted by Crippen LogP contribution is 2.25. The zero-order valence-corrected chi connectivity index (χ0v) is 16.3. The van der Waals surface area contributed by atoms with Crippen LogP contribution in [0.4, 0.5) is 0 Å². The lowest BCUT2D eigenvalue weighted by atomic mass is 10.0. The summed E-state index contributed by atoms with van der Waals surface area (Å²) in [6.45, 7) is 14.4. The molecule has 1 aromatic carbocycles. The van der Waals surface area contributed by atoms with E-state index in [0.29, 0.717) is 6.04 Å². The van der Waals surface area contributed by atoms with E-state index in [0.717, 1.165) is 25.1 Å². The molecule has 0 atom stereocenters. The summed E-state index contributed by atoms with van der Waals surface area (Å²) in [5.74, 6) is 1.07. The van der Waals surface area contributed by atoms with E-state index in [-0.39, 0.29) is 0 Å². The number of hydrogen-bond acceptors (Lipinski definition) is 4. The van der Waals surface area contributed by atoms with Gasteiger partial charge < -0.3 is 14.5 Å². The van der Waals surface area contributed by atoms with Gasteiger partial charge in [-0.05, 0) is 63.4 Å². The fraction of sp³-hybridized carbons (Fsp3) is 0.714. The third kappa shape index (κ3) is 4.96. The van der Waals surface area contributed by atoms with Crippen LogP contribution in [0.15, 0.2) is 18.2 Å². The van der Waals surface area contributed by atoms with Crippen molar-refractivity contribution in [3.8, 4) is 5.75 Å². The molecule has 2 aliphatic rings. The molecule has 1 saturated heterocycles. The first kappa shape index (κ1) is 18.7. The minimum Gasteiger partial charge on any atom is -0.496 e. The number of ether oxygens (including phenoxy) is 1. The molecule has 0 saturated carbocycles. The van der Waals surface area contributed by atoms with Gasteiger partial charge in [0.1, 0.15) is 5.75 Å². The van der Waals surface area contributed by atoms with E-state index >= 15 is 0 Å². The molecule has 0 spiro atoms. The van der Waals surface area contributed by atoms with Crippen molar-refractivity contribution in [2.45, 2.75) is 39.2 Å². The number of hydrogen-bond donors (Lipinski definition) is 0. The molecular formula is C21H35N3O. The van der Waals surface area contributed by atoms with E-state index in [1.807, 2.05) is 0 Å². The zero-order valence-electron chi connectivity index (χ0n) is 16.3. The van der Waals surface area contributed by atoms with Gasteiger partial charge in [0.25, 0.3) is 0 Å². The van der Waals surface area contributed by atoms with Gasteiger partial charge in [0, 0.05) is 45.3 Å². The molecule has 0 N–H and O–H groups in total. The number of piperazine rings is 1. The lowest BCUT2D eigenvalue weighted by Gasteiger charge is -2.37. The highest BCUT2D eigenvalue weighted by atomic mass is 16.5. The van der Waals surface area contributed by atoms with Crippen molar-refractivity contribution in [2.75, 3.05) is 59.5 Å². The Bertz CT molecular complexity index is 538. The van der Waals surface area contributed by atoms with Crippen molar-refractivity contribution < 1.29 is 4.74 Å². The van der Waals surface area contributed by atoms with Crippen molar-refractivity contribution in [1.82, 2.24) is 14.7 Å². The maximum atomic E-state index is 5.56. The Morgan fingerprint density at radius 2 is 1.60 bits per heavy atom. The third-order valence-electron chi connectivity index (χ3n) is 5.91. The van der Waals surface area contributed by atoms with Crippen LogP contribution in [0.2, 0.25) is 0 Å². The molecule has 2 heterocycles. The van der Waals surface area contributed by atoms with Crippen LogP contribution >= 0.6 is 0 Å². The smallest absolute Gasteiger partial charge is 0.122 e. The van der Waals surface area contributed by atoms with Crippen molar-refractivity contribution in [3.63, 3.8) is 0 Å². The largest absolute Gasteiger partial charge is 0.496 e. The minimum atomic E-state index is 0.692. The number of benzene rings is 1. The first-order valence-corrected chi connectivity index (χ1v) is 10.0. The van der Waals surface area contributed by atoms with Gasteiger partial charge in [-0.1, -0.05) is 12.1 Å². The molecule has 0 unspecified atom stereocenters. The summed E-state index contributed by atoms with van der Waals surface area (Å²) < 4.78 is 5.56. The average molecular weight is 346 g/mol. The molecule has 2 aliphatic heterocycles. The molecular weight excluding hydrogens is 310 g/mol. The molecule has 1 fully saturated rings. The number of methoxy groups -OCH3 is 1. The van der Waals surface area contributed by atoms with Crippen LogP contribution < -0.4 is 4.74 Å². The second kappa shape index (κ2) is 9.02. The van der Waals surface area contributed by atoms with E-state index in [9.17, 15) is 0 Å². The summed E-state index contributed by atoms with van der Waals surface area (Å²) >= 11 is 0. The quantitative estimate of drug-likeness (QED) is 0.788. The lowest BCUT2D eigenvalue weighted by molar-refractivity contribution is 0.105. The third-order valence-corrected chi connectivity index (χ3v) is 5.91. The predicted molar refractivity (Wildman–Crippen MR) is 105 cm³/mol. The van der Waals surface area contributed by atoms with Crippen LogP contribution in [0.5, 0.6) is 5.75 Å². The molecule has 25 heavy (non-hydrogen) atoms. The highest BCUT2D eigenvalue weighted by Gasteiger charge is 2.19. The predicted octanol–water partition coefficient (Wildman–Crippen LogP) is 2.51. The first-order valence-electron chi connectivity index (χ1n) is 10.0. The molecule has 0 aromatic heterocycles. The summed E-state index contributed by atoms with van der Waals surface area (Å²) in [5.41, 5.74) is 2.91. The monoisotopic (exact) mass is 345 g/mol. The molecule has 0 aliphatic carbocycles. The van der Waals surface area contributed by atoms with E-state index in [1.54, 1.807) is 7.11 Å². The maximum absolute atomic E-state index is 5.56. The van der Waals surface area contributed by atoms with Gasteiger partial charge in [-0.2, -0.15) is 0 Å². The molecule has 4 heteroatoms. The summed E-state index contributed by atoms with van der Waals surface area (Å²) in [6, 6.07) is 7.20. The SMILES string of the molecule is COc1cccc2c1CCN(CCCN1CCN(C(C)C)CC1)CC2. The Morgan fingerprint density at radius 3 is 2.28 bits per heavy atom. The second-order valence-electron chi connectivity index (χ2n) is 7.76. The summed E-state index contributed by atoms with van der Waals surface area (Å²) in [6.07, 6.45) is 3.56. The number of fused-ring (bicyclic) bond motifs is 1. The minimum absolute atomic E-state index is 0.692. The molecule has 4 nitrogen and oxygen atoms in total. The Balaban J connectivity index is 1.41. The van der Waals surface area contributed by atoms with Gasteiger partial charge in [-0.25, -0.2) is 0 Å². The van der Waals surface area contributed by atoms with E-state index in [1.165, 1.54) is 63.4 Å². The summed E-state index contributed by atoms with van der Waals surface area (Å²) in [4.78, 5) is 7.88. The highest BCUT2D eigenvalue weighted by molar-refractivity contribution is 5.41. The Kier molecular flexibility index (Phi) is 6.74. The van der Waals surface area contributed by atoms with Gasteiger partial charge in [0.2, 0.25) is 0 Å². The summed E-state index contributed by atoms with van der Waals surface area (Å²) in [5, 5.41) is 0. The molecule has 3 rings (SSSR count). The topological polar surface area (TPSA) is 19.0 Å². The van der Waals surface area contributed by atoms with Crippen LogP contribution in [-0.2, 0) is 12.8 Å². The summed E-state index contributed by atoms with van der Waals surface area (Å²) in [7, 11) is 1.79. The van der Waals surface area contributed by atoms with E-state index in [4.69, 9.17) is 4.74 Å². The first-order chi connectivity index (χ1) is 12.2. The maximum Gasteiger partial charge on any atom is 0.122 e. The van der Waals surface area contributed by atoms with E-state index < -0.39 is 0 Å². The lowest BCUT2D eigenvalue weighted by Crippen LogP contribution is -2.49. The Hall–Kier alpha value is -1.10. The van der Waals surface area contributed by atoms with Gasteiger partial charge in [0.05, 0.1) is 7.11 Å². The fourth-order valence-corrected chi connectivity index (χ4v) is 4.23.